The number of ether oxygens (including phenoxy) is 6. The number of nitro groups is 1. The van der Waals surface area contributed by atoms with E-state index in [1.165, 1.54) is 30.3 Å². The number of hydrogen-bond donors (Lipinski definition) is 5. The average Bonchev–Trinajstić information content (AvgIpc) is 3.14. The number of nitro benzene ring substituents is 1. The number of non-ortho nitro benzene ring substituents is 1. The van der Waals surface area contributed by atoms with E-state index in [1.807, 2.05) is 6.92 Å². The molecular weight excluding hydrogens is 786 g/mol. The van der Waals surface area contributed by atoms with Crippen molar-refractivity contribution in [2.75, 3.05) is 12.4 Å². The summed E-state index contributed by atoms with van der Waals surface area (Å²) in [5.74, 6) is -10.5. The zero-order chi connectivity index (χ0) is 44.0. The van der Waals surface area contributed by atoms with E-state index in [0.29, 0.717) is 12.8 Å². The Kier molecular flexibility index (Phi) is 16.9. The summed E-state index contributed by atoms with van der Waals surface area (Å²) >= 11 is 0. The van der Waals surface area contributed by atoms with Crippen LogP contribution in [-0.2, 0) is 49.5 Å². The first-order valence-electron chi connectivity index (χ1n) is 18.3. The number of carbonyl (C=O) groups excluding carboxylic acids is 4. The molecule has 1 saturated heterocycles. The van der Waals surface area contributed by atoms with Crippen LogP contribution < -0.4 is 20.1 Å². The fraction of sp³-hybridized carbons (Fsp3) is 0.500. The first-order chi connectivity index (χ1) is 27.7. The van der Waals surface area contributed by atoms with Crippen LogP contribution in [0.25, 0.3) is 0 Å². The molecule has 2 aromatic carbocycles. The lowest BCUT2D eigenvalue weighted by Crippen LogP contribution is -2.54. The number of alkyl carbamates (subject to hydrolysis) is 1. The molecule has 21 nitrogen and oxygen atoms in total. The number of carbonyl (C=O) groups is 7. The minimum absolute atomic E-state index is 0.0617. The molecule has 0 aromatic heterocycles. The van der Waals surface area contributed by atoms with Gasteiger partial charge in [-0.25, -0.2) is 14.4 Å². The zero-order valence-electron chi connectivity index (χ0n) is 32.9. The molecule has 2 aromatic rings. The topological polar surface area (TPSA) is 303 Å². The van der Waals surface area contributed by atoms with Gasteiger partial charge in [0, 0.05) is 30.4 Å². The number of unbranched alkanes of at least 4 members (excludes halogenated alkanes) is 1. The Morgan fingerprint density at radius 2 is 1.51 bits per heavy atom. The Balaban J connectivity index is 2.05. The van der Waals surface area contributed by atoms with Gasteiger partial charge in [0.2, 0.25) is 12.2 Å². The van der Waals surface area contributed by atoms with Crippen LogP contribution in [0.3, 0.4) is 0 Å². The first-order valence-corrected chi connectivity index (χ1v) is 18.3. The van der Waals surface area contributed by atoms with E-state index in [1.54, 1.807) is 20.8 Å². The number of anilines is 1. The van der Waals surface area contributed by atoms with Crippen LogP contribution >= 0.6 is 0 Å². The van der Waals surface area contributed by atoms with Crippen molar-refractivity contribution >= 4 is 53.4 Å². The molecule has 0 bridgehead atoms. The largest absolute Gasteiger partial charge is 0.514 e. The smallest absolute Gasteiger partial charge is 0.481 e. The van der Waals surface area contributed by atoms with Crippen molar-refractivity contribution in [3.63, 3.8) is 0 Å². The summed E-state index contributed by atoms with van der Waals surface area (Å²) in [6.07, 6.45) is -6.62. The number of carboxylic acids is 3. The van der Waals surface area contributed by atoms with Crippen molar-refractivity contribution in [1.29, 1.82) is 0 Å². The van der Waals surface area contributed by atoms with Crippen LogP contribution in [0.4, 0.5) is 21.0 Å². The molecule has 5 N–H and O–H groups in total. The van der Waals surface area contributed by atoms with Gasteiger partial charge in [0.1, 0.15) is 29.7 Å². The molecule has 1 heterocycles. The molecule has 1 fully saturated rings. The van der Waals surface area contributed by atoms with Gasteiger partial charge in [0.15, 0.2) is 6.10 Å². The third-order valence-corrected chi connectivity index (χ3v) is 8.79. The lowest BCUT2D eigenvalue weighted by Gasteiger charge is -2.44. The van der Waals surface area contributed by atoms with Gasteiger partial charge < -0.3 is 54.4 Å². The second kappa shape index (κ2) is 21.3. The molecule has 0 radical (unpaired) electrons. The van der Waals surface area contributed by atoms with Crippen molar-refractivity contribution in [2.24, 2.45) is 17.8 Å². The van der Waals surface area contributed by atoms with Crippen molar-refractivity contribution < 1.29 is 82.2 Å². The highest BCUT2D eigenvalue weighted by Crippen LogP contribution is 2.43. The van der Waals surface area contributed by atoms with Gasteiger partial charge in [0.05, 0.1) is 30.6 Å². The van der Waals surface area contributed by atoms with Gasteiger partial charge in [-0.2, -0.15) is 0 Å². The summed E-state index contributed by atoms with van der Waals surface area (Å²) in [6, 6.07) is 7.35. The molecule has 3 rings (SSSR count). The number of rotatable bonds is 19. The summed E-state index contributed by atoms with van der Waals surface area (Å²) in [6.45, 7) is 6.28. The van der Waals surface area contributed by atoms with Gasteiger partial charge in [0.25, 0.3) is 5.69 Å². The molecule has 1 unspecified atom stereocenters. The van der Waals surface area contributed by atoms with E-state index < -0.39 is 115 Å². The summed E-state index contributed by atoms with van der Waals surface area (Å²) in [7, 11) is 0.991. The van der Waals surface area contributed by atoms with E-state index in [4.69, 9.17) is 28.4 Å². The first kappa shape index (κ1) is 46.9. The molecule has 6 atom stereocenters. The van der Waals surface area contributed by atoms with Gasteiger partial charge in [-0.3, -0.25) is 29.3 Å². The molecule has 1 aliphatic heterocycles. The SMILES string of the molecule is CCCCC(NC(=O)OC(C)(C)C)C(=O)Nc1cc(COC(=O)Oc2ccc([N+](=O)[O-])cc2)ccc1O[C@@H]1O[C@H](C(=O)OC)[C@@H](CC(=O)O)[C@H](CC(=O)O)[C@H]1CC(=O)O. The van der Waals surface area contributed by atoms with Gasteiger partial charge in [-0.1, -0.05) is 25.8 Å². The number of nitrogens with zero attached hydrogens (tertiary/aromatic N) is 1. The monoisotopic (exact) mass is 833 g/mol. The molecular formula is C38H47N3O18. The summed E-state index contributed by atoms with van der Waals surface area (Å²) < 4.78 is 32.5. The normalized spacial score (nSPS) is 19.2. The zero-order valence-corrected chi connectivity index (χ0v) is 32.9. The number of benzene rings is 2. The van der Waals surface area contributed by atoms with E-state index >= 15 is 0 Å². The third kappa shape index (κ3) is 14.7. The molecule has 0 saturated carbocycles. The average molecular weight is 834 g/mol. The minimum atomic E-state index is -1.74. The van der Waals surface area contributed by atoms with Gasteiger partial charge in [-0.15, -0.1) is 0 Å². The van der Waals surface area contributed by atoms with Crippen LogP contribution in [0.5, 0.6) is 11.5 Å². The van der Waals surface area contributed by atoms with Crippen LogP contribution in [-0.4, -0.2) is 93.4 Å². The Bertz CT molecular complexity index is 1860. The highest BCUT2D eigenvalue weighted by molar-refractivity contribution is 5.97. The molecule has 0 aliphatic carbocycles. The molecule has 21 heteroatoms. The summed E-state index contributed by atoms with van der Waals surface area (Å²) in [5.41, 5.74) is -1.08. The molecule has 59 heavy (non-hydrogen) atoms. The molecule has 2 amide bonds. The van der Waals surface area contributed by atoms with Crippen molar-refractivity contribution in [1.82, 2.24) is 5.32 Å². The lowest BCUT2D eigenvalue weighted by molar-refractivity contribution is -0.384. The fourth-order valence-electron chi connectivity index (χ4n) is 6.21. The maximum atomic E-state index is 13.8. The fourth-order valence-corrected chi connectivity index (χ4v) is 6.21. The number of hydrogen-bond acceptors (Lipinski definition) is 15. The summed E-state index contributed by atoms with van der Waals surface area (Å²) in [5, 5.41) is 45.4. The van der Waals surface area contributed by atoms with E-state index in [0.717, 1.165) is 19.2 Å². The number of nitrogens with one attached hydrogen (secondary N) is 2. The quantitative estimate of drug-likeness (QED) is 0.0414. The second-order valence-corrected chi connectivity index (χ2v) is 14.4. The Morgan fingerprint density at radius 3 is 2.07 bits per heavy atom. The van der Waals surface area contributed by atoms with E-state index in [2.05, 4.69) is 10.6 Å². The number of amides is 2. The molecule has 1 aliphatic rings. The predicted octanol–water partition coefficient (Wildman–Crippen LogP) is 4.88. The second-order valence-electron chi connectivity index (χ2n) is 14.4. The van der Waals surface area contributed by atoms with Crippen molar-refractivity contribution in [2.45, 2.75) is 96.9 Å². The third-order valence-electron chi connectivity index (χ3n) is 8.79. The van der Waals surface area contributed by atoms with Crippen LogP contribution in [0.2, 0.25) is 0 Å². The van der Waals surface area contributed by atoms with Crippen molar-refractivity contribution in [3.8, 4) is 11.5 Å². The van der Waals surface area contributed by atoms with Crippen LogP contribution in [0, 0.1) is 27.9 Å². The highest BCUT2D eigenvalue weighted by atomic mass is 16.7. The number of esters is 1. The van der Waals surface area contributed by atoms with Gasteiger partial charge >= 0.3 is 36.1 Å². The number of aliphatic carboxylic acids is 3. The maximum absolute atomic E-state index is 13.8. The summed E-state index contributed by atoms with van der Waals surface area (Å²) in [4.78, 5) is 98.4. The highest BCUT2D eigenvalue weighted by Gasteiger charge is 2.52. The Hall–Kier alpha value is -6.51. The Labute approximate surface area is 337 Å². The van der Waals surface area contributed by atoms with E-state index in [9.17, 15) is 59.0 Å². The Morgan fingerprint density at radius 1 is 0.898 bits per heavy atom. The number of methoxy groups -OCH3 is 1. The van der Waals surface area contributed by atoms with Crippen molar-refractivity contribution in [3.05, 3.63) is 58.1 Å². The molecule has 0 spiro atoms. The predicted molar refractivity (Wildman–Crippen MR) is 200 cm³/mol. The maximum Gasteiger partial charge on any atom is 0.514 e. The lowest BCUT2D eigenvalue weighted by atomic mass is 9.71. The molecule has 322 valence electrons. The standard InChI is InChI=1S/C38H47N3O18/c1-6-7-8-26(40-36(50)59-38(2,3)4)33(48)39-27-15-20(19-55-37(51)56-22-12-10-21(11-13-22)41(52)53)9-14-28(27)57-35-25(18-31(46)47)23(16-29(42)43)24(17-30(44)45)32(58-35)34(49)54-5/h9-15,23-26,32,35H,6-8,16-19H2,1-5H3,(H,39,48)(H,40,50)(H,42,43)(H,44,45)(H,46,47)/t23-,24-,25+,26?,32-,35+/m0/s1. The van der Waals surface area contributed by atoms with Crippen LogP contribution in [0.15, 0.2) is 42.5 Å². The minimum Gasteiger partial charge on any atom is -0.481 e. The van der Waals surface area contributed by atoms with Crippen LogP contribution in [0.1, 0.15) is 71.8 Å². The van der Waals surface area contributed by atoms with Gasteiger partial charge in [-0.05, 0) is 62.9 Å². The number of carboxylic acid groups (broad SMARTS) is 3. The van der Waals surface area contributed by atoms with E-state index in [-0.39, 0.29) is 34.9 Å².